The summed E-state index contributed by atoms with van der Waals surface area (Å²) in [5, 5.41) is 17.5. The van der Waals surface area contributed by atoms with Gasteiger partial charge >= 0.3 is 0 Å². The standard InChI is InChI=1S/C18H18FN3O/c19-16-11-5-4-10-15(16)18-17(13-23)20-21-22(18)12-6-9-14-7-2-1-3-8-14/h1-5,7-8,10-11,23H,6,9,12-13H2. The zero-order valence-electron chi connectivity index (χ0n) is 12.7. The maximum atomic E-state index is 14.1. The molecule has 0 radical (unpaired) electrons. The number of halogens is 1. The lowest BCUT2D eigenvalue weighted by Gasteiger charge is -2.09. The first-order valence-electron chi connectivity index (χ1n) is 7.61. The van der Waals surface area contributed by atoms with Gasteiger partial charge in [-0.2, -0.15) is 0 Å². The molecule has 0 aliphatic carbocycles. The van der Waals surface area contributed by atoms with Gasteiger partial charge in [-0.15, -0.1) is 5.10 Å². The zero-order valence-corrected chi connectivity index (χ0v) is 12.7. The molecular weight excluding hydrogens is 293 g/mol. The Hall–Kier alpha value is -2.53. The van der Waals surface area contributed by atoms with E-state index in [1.807, 2.05) is 18.2 Å². The molecule has 0 bridgehead atoms. The SMILES string of the molecule is OCc1nnn(CCCc2ccccc2)c1-c1ccccc1F. The predicted molar refractivity (Wildman–Crippen MR) is 86.1 cm³/mol. The van der Waals surface area contributed by atoms with E-state index in [4.69, 9.17) is 0 Å². The van der Waals surface area contributed by atoms with Gasteiger partial charge in [-0.1, -0.05) is 47.7 Å². The Morgan fingerprint density at radius 1 is 1.00 bits per heavy atom. The molecular formula is C18H18FN3O. The quantitative estimate of drug-likeness (QED) is 0.760. The summed E-state index contributed by atoms with van der Waals surface area (Å²) < 4.78 is 15.8. The van der Waals surface area contributed by atoms with E-state index in [1.165, 1.54) is 11.6 Å². The fraction of sp³-hybridized carbons (Fsp3) is 0.222. The average Bonchev–Trinajstić information content (AvgIpc) is 2.99. The lowest BCUT2D eigenvalue weighted by atomic mass is 10.1. The molecule has 0 aliphatic heterocycles. The summed E-state index contributed by atoms with van der Waals surface area (Å²) in [6.45, 7) is 0.355. The second-order valence-corrected chi connectivity index (χ2v) is 5.33. The van der Waals surface area contributed by atoms with E-state index >= 15 is 0 Å². The number of benzene rings is 2. The number of aliphatic hydroxyl groups is 1. The van der Waals surface area contributed by atoms with Crippen LogP contribution >= 0.6 is 0 Å². The van der Waals surface area contributed by atoms with Crippen LogP contribution in [0.1, 0.15) is 17.7 Å². The largest absolute Gasteiger partial charge is 0.390 e. The van der Waals surface area contributed by atoms with Crippen molar-refractivity contribution in [3.8, 4) is 11.3 Å². The van der Waals surface area contributed by atoms with Crippen molar-refractivity contribution in [3.05, 3.63) is 71.7 Å². The molecule has 1 N–H and O–H groups in total. The fourth-order valence-corrected chi connectivity index (χ4v) is 2.64. The minimum atomic E-state index is -0.339. The first kappa shape index (κ1) is 15.4. The van der Waals surface area contributed by atoms with Crippen LogP contribution in [0, 0.1) is 5.82 Å². The van der Waals surface area contributed by atoms with E-state index in [0.717, 1.165) is 12.8 Å². The van der Waals surface area contributed by atoms with Crippen molar-refractivity contribution >= 4 is 0 Å². The minimum absolute atomic E-state index is 0.262. The highest BCUT2D eigenvalue weighted by atomic mass is 19.1. The van der Waals surface area contributed by atoms with E-state index < -0.39 is 0 Å². The van der Waals surface area contributed by atoms with Gasteiger partial charge in [0.05, 0.1) is 12.3 Å². The Labute approximate surface area is 134 Å². The molecule has 3 rings (SSSR count). The van der Waals surface area contributed by atoms with Crippen molar-refractivity contribution in [2.75, 3.05) is 0 Å². The molecule has 1 heterocycles. The molecule has 2 aromatic carbocycles. The average molecular weight is 311 g/mol. The zero-order chi connectivity index (χ0) is 16.1. The summed E-state index contributed by atoms with van der Waals surface area (Å²) >= 11 is 0. The van der Waals surface area contributed by atoms with E-state index in [-0.39, 0.29) is 12.4 Å². The van der Waals surface area contributed by atoms with E-state index in [0.29, 0.717) is 23.5 Å². The normalized spacial score (nSPS) is 10.9. The van der Waals surface area contributed by atoms with E-state index in [9.17, 15) is 9.50 Å². The van der Waals surface area contributed by atoms with Crippen molar-refractivity contribution in [3.63, 3.8) is 0 Å². The molecule has 0 saturated carbocycles. The Morgan fingerprint density at radius 2 is 1.74 bits per heavy atom. The third-order valence-corrected chi connectivity index (χ3v) is 3.76. The van der Waals surface area contributed by atoms with Gasteiger partial charge in [0.1, 0.15) is 11.5 Å². The number of hydrogen-bond donors (Lipinski definition) is 1. The fourth-order valence-electron chi connectivity index (χ4n) is 2.64. The number of hydrogen-bond acceptors (Lipinski definition) is 3. The van der Waals surface area contributed by atoms with Gasteiger partial charge in [-0.05, 0) is 30.5 Å². The number of nitrogens with zero attached hydrogens (tertiary/aromatic N) is 3. The Kier molecular flexibility index (Phi) is 4.78. The smallest absolute Gasteiger partial charge is 0.132 e. The van der Waals surface area contributed by atoms with Crippen LogP contribution < -0.4 is 0 Å². The number of rotatable bonds is 6. The second-order valence-electron chi connectivity index (χ2n) is 5.33. The van der Waals surface area contributed by atoms with Crippen molar-refractivity contribution in [2.24, 2.45) is 0 Å². The molecule has 0 amide bonds. The Balaban J connectivity index is 1.80. The summed E-state index contributed by atoms with van der Waals surface area (Å²) in [4.78, 5) is 0. The first-order valence-corrected chi connectivity index (χ1v) is 7.61. The molecule has 4 nitrogen and oxygen atoms in total. The lowest BCUT2D eigenvalue weighted by molar-refractivity contribution is 0.277. The van der Waals surface area contributed by atoms with Gasteiger partial charge in [-0.25, -0.2) is 9.07 Å². The van der Waals surface area contributed by atoms with Crippen molar-refractivity contribution < 1.29 is 9.50 Å². The molecule has 0 fully saturated rings. The highest BCUT2D eigenvalue weighted by Gasteiger charge is 2.17. The van der Waals surface area contributed by atoms with Crippen LogP contribution in [0.4, 0.5) is 4.39 Å². The second kappa shape index (κ2) is 7.15. The van der Waals surface area contributed by atoms with Crippen LogP contribution in [-0.2, 0) is 19.6 Å². The van der Waals surface area contributed by atoms with E-state index in [2.05, 4.69) is 22.4 Å². The van der Waals surface area contributed by atoms with Crippen LogP contribution in [0.15, 0.2) is 54.6 Å². The van der Waals surface area contributed by atoms with Crippen LogP contribution in [-0.4, -0.2) is 20.1 Å². The molecule has 0 unspecified atom stereocenters. The van der Waals surface area contributed by atoms with Crippen molar-refractivity contribution in [1.82, 2.24) is 15.0 Å². The first-order chi connectivity index (χ1) is 11.3. The summed E-state index contributed by atoms with van der Waals surface area (Å²) in [6, 6.07) is 16.7. The lowest BCUT2D eigenvalue weighted by Crippen LogP contribution is -2.05. The van der Waals surface area contributed by atoms with Crippen LogP contribution in [0.25, 0.3) is 11.3 Å². The third-order valence-electron chi connectivity index (χ3n) is 3.76. The molecule has 118 valence electrons. The topological polar surface area (TPSA) is 50.9 Å². The minimum Gasteiger partial charge on any atom is -0.390 e. The monoisotopic (exact) mass is 311 g/mol. The van der Waals surface area contributed by atoms with Gasteiger partial charge in [0.25, 0.3) is 0 Å². The van der Waals surface area contributed by atoms with Crippen molar-refractivity contribution in [2.45, 2.75) is 26.0 Å². The maximum absolute atomic E-state index is 14.1. The molecule has 5 heteroatoms. The summed E-state index contributed by atoms with van der Waals surface area (Å²) in [5.74, 6) is -0.339. The van der Waals surface area contributed by atoms with Crippen LogP contribution in [0.2, 0.25) is 0 Å². The van der Waals surface area contributed by atoms with Gasteiger partial charge in [0, 0.05) is 12.1 Å². The molecule has 3 aromatic rings. The number of aryl methyl sites for hydroxylation is 2. The van der Waals surface area contributed by atoms with Crippen molar-refractivity contribution in [1.29, 1.82) is 0 Å². The molecule has 23 heavy (non-hydrogen) atoms. The Bertz CT molecular complexity index is 771. The Morgan fingerprint density at radius 3 is 2.48 bits per heavy atom. The van der Waals surface area contributed by atoms with Gasteiger partial charge in [0.15, 0.2) is 0 Å². The van der Waals surface area contributed by atoms with E-state index in [1.54, 1.807) is 22.9 Å². The van der Waals surface area contributed by atoms with Crippen LogP contribution in [0.5, 0.6) is 0 Å². The molecule has 0 aliphatic rings. The molecule has 1 aromatic heterocycles. The maximum Gasteiger partial charge on any atom is 0.132 e. The van der Waals surface area contributed by atoms with Gasteiger partial charge in [0.2, 0.25) is 0 Å². The molecule has 0 atom stereocenters. The molecule has 0 saturated heterocycles. The highest BCUT2D eigenvalue weighted by molar-refractivity contribution is 5.62. The highest BCUT2D eigenvalue weighted by Crippen LogP contribution is 2.25. The van der Waals surface area contributed by atoms with Gasteiger partial charge < -0.3 is 5.11 Å². The van der Waals surface area contributed by atoms with Crippen LogP contribution in [0.3, 0.4) is 0 Å². The third kappa shape index (κ3) is 3.46. The van der Waals surface area contributed by atoms with Gasteiger partial charge in [-0.3, -0.25) is 0 Å². The summed E-state index contributed by atoms with van der Waals surface area (Å²) in [7, 11) is 0. The summed E-state index contributed by atoms with van der Waals surface area (Å²) in [5.41, 5.74) is 2.62. The predicted octanol–water partition coefficient (Wildman–Crippen LogP) is 3.21. The summed E-state index contributed by atoms with van der Waals surface area (Å²) in [6.07, 6.45) is 1.77. The number of aromatic nitrogens is 3. The molecule has 0 spiro atoms. The number of aliphatic hydroxyl groups excluding tert-OH is 1.